The highest BCUT2D eigenvalue weighted by atomic mass is 32.1. The molecule has 0 bridgehead atoms. The molecule has 1 aromatic heterocycles. The minimum atomic E-state index is -1.10. The van der Waals surface area contributed by atoms with E-state index in [0.717, 1.165) is 32.8 Å². The molecule has 1 fully saturated rings. The van der Waals surface area contributed by atoms with Gasteiger partial charge in [-0.15, -0.1) is 11.3 Å². The van der Waals surface area contributed by atoms with Crippen molar-refractivity contribution in [3.8, 4) is 10.4 Å². The predicted molar refractivity (Wildman–Crippen MR) is 299 cm³/mol. The van der Waals surface area contributed by atoms with Gasteiger partial charge in [-0.3, -0.25) is 28.9 Å². The van der Waals surface area contributed by atoms with E-state index in [2.05, 4.69) is 26.3 Å². The number of amides is 7. The van der Waals surface area contributed by atoms with Crippen LogP contribution in [0.1, 0.15) is 121 Å². The Bertz CT molecular complexity index is 2890. The molecular formula is C58H76FN9O10S. The van der Waals surface area contributed by atoms with Gasteiger partial charge >= 0.3 is 12.2 Å². The second-order valence-corrected chi connectivity index (χ2v) is 23.8. The number of nitrogens with zero attached hydrogens (tertiary/aromatic N) is 4. The van der Waals surface area contributed by atoms with E-state index in [1.165, 1.54) is 9.80 Å². The number of benzene rings is 3. The summed E-state index contributed by atoms with van der Waals surface area (Å²) < 4.78 is 27.3. The smallest absolute Gasteiger partial charge is 0.408 e. The van der Waals surface area contributed by atoms with Crippen molar-refractivity contribution in [2.24, 2.45) is 11.1 Å². The Kier molecular flexibility index (Phi) is 19.1. The first-order valence-corrected chi connectivity index (χ1v) is 27.9. The number of primary amides is 1. The number of aliphatic hydroxyl groups excluding tert-OH is 1. The molecule has 3 aliphatic rings. The SMILES string of the molecule is Cc1ncsc1-c1ccc([C@H](C)NC(=O)[C@@H]2C[C@@H](O)CN2C(=O)[C@@H](NC(=O)OCCCCc2cccc(N(C)CC(CCC(N)=O)NC(=O)[C@@H]3Cc4cccc5c4N3C(=O)[C@@H](NC(=O)OC(C)(C)C)CC5)c2F)C(C)(C)C)cc1. The lowest BCUT2D eigenvalue weighted by Gasteiger charge is -2.35. The Labute approximate surface area is 465 Å². The van der Waals surface area contributed by atoms with Crippen molar-refractivity contribution in [1.29, 1.82) is 0 Å². The number of unbranched alkanes of at least 4 members (excludes halogenated alkanes) is 1. The molecule has 21 heteroatoms. The van der Waals surface area contributed by atoms with E-state index >= 15 is 4.39 Å². The molecule has 0 saturated carbocycles. The van der Waals surface area contributed by atoms with E-state index in [4.69, 9.17) is 15.2 Å². The monoisotopic (exact) mass is 1110 g/mol. The summed E-state index contributed by atoms with van der Waals surface area (Å²) >= 11 is 1.55. The number of thiazole rings is 1. The first-order valence-electron chi connectivity index (χ1n) is 27.0. The largest absolute Gasteiger partial charge is 0.450 e. The van der Waals surface area contributed by atoms with Crippen molar-refractivity contribution in [2.45, 2.75) is 161 Å². The van der Waals surface area contributed by atoms with Gasteiger partial charge in [0.15, 0.2) is 0 Å². The Morgan fingerprint density at radius 3 is 2.29 bits per heavy atom. The summed E-state index contributed by atoms with van der Waals surface area (Å²) in [5.74, 6) is -2.95. The number of carbonyl (C=O) groups excluding carboxylic acids is 7. The number of hydrogen-bond acceptors (Lipinski definition) is 13. The Hall–Kier alpha value is -7.13. The minimum Gasteiger partial charge on any atom is -0.450 e. The Morgan fingerprint density at radius 2 is 1.62 bits per heavy atom. The molecule has 7 atom stereocenters. The highest BCUT2D eigenvalue weighted by molar-refractivity contribution is 7.13. The van der Waals surface area contributed by atoms with Gasteiger partial charge in [-0.2, -0.15) is 0 Å². The number of halogens is 1. The van der Waals surface area contributed by atoms with Gasteiger partial charge in [0.1, 0.15) is 35.6 Å². The maximum absolute atomic E-state index is 16.3. The topological polar surface area (TPSA) is 255 Å². The second-order valence-electron chi connectivity index (χ2n) is 23.0. The fourth-order valence-corrected chi connectivity index (χ4v) is 11.3. The number of para-hydroxylation sites is 1. The van der Waals surface area contributed by atoms with Crippen molar-refractivity contribution in [1.82, 2.24) is 31.2 Å². The molecule has 0 aliphatic carbocycles. The molecule has 1 unspecified atom stereocenters. The van der Waals surface area contributed by atoms with Crippen LogP contribution in [-0.4, -0.2) is 125 Å². The van der Waals surface area contributed by atoms with Crippen molar-refractivity contribution in [3.05, 3.63) is 99.9 Å². The summed E-state index contributed by atoms with van der Waals surface area (Å²) in [6.07, 6.45) is -0.345. The molecule has 19 nitrogen and oxygen atoms in total. The number of hydrogen-bond donors (Lipinski definition) is 6. The van der Waals surface area contributed by atoms with Gasteiger partial charge in [0.25, 0.3) is 0 Å². The van der Waals surface area contributed by atoms with Crippen LogP contribution >= 0.6 is 11.3 Å². The number of nitrogens with one attached hydrogen (secondary N) is 4. The number of ether oxygens (including phenoxy) is 2. The van der Waals surface area contributed by atoms with Gasteiger partial charge in [0.2, 0.25) is 29.5 Å². The van der Waals surface area contributed by atoms with Crippen LogP contribution in [0, 0.1) is 18.2 Å². The summed E-state index contributed by atoms with van der Waals surface area (Å²) in [5.41, 5.74) is 11.5. The highest BCUT2D eigenvalue weighted by Crippen LogP contribution is 2.39. The molecule has 3 aliphatic heterocycles. The molecule has 79 heavy (non-hydrogen) atoms. The van der Waals surface area contributed by atoms with Crippen LogP contribution in [0.2, 0.25) is 0 Å². The maximum Gasteiger partial charge on any atom is 0.408 e. The number of aliphatic hydroxyl groups is 1. The maximum atomic E-state index is 16.3. The van der Waals surface area contributed by atoms with Gasteiger partial charge in [0.05, 0.1) is 46.2 Å². The summed E-state index contributed by atoms with van der Waals surface area (Å²) in [4.78, 5) is 104. The van der Waals surface area contributed by atoms with Crippen LogP contribution < -0.4 is 36.8 Å². The van der Waals surface area contributed by atoms with Gasteiger partial charge in [-0.1, -0.05) is 75.4 Å². The number of nitrogens with two attached hydrogens (primary N) is 1. The molecule has 1 saturated heterocycles. The van der Waals surface area contributed by atoms with Crippen LogP contribution in [0.5, 0.6) is 0 Å². The van der Waals surface area contributed by atoms with Gasteiger partial charge in [0, 0.05) is 45.4 Å². The molecule has 7 N–H and O–H groups in total. The average Bonchev–Trinajstić information content (AvgIpc) is 4.28. The van der Waals surface area contributed by atoms with E-state index < -0.39 is 101 Å². The summed E-state index contributed by atoms with van der Waals surface area (Å²) in [5, 5.41) is 22.1. The van der Waals surface area contributed by atoms with Crippen molar-refractivity contribution >= 4 is 64.4 Å². The molecule has 7 rings (SSSR count). The molecule has 0 spiro atoms. The zero-order valence-electron chi connectivity index (χ0n) is 46.7. The number of anilines is 2. The molecule has 7 amide bonds. The van der Waals surface area contributed by atoms with Gasteiger partial charge in [-0.25, -0.2) is 19.0 Å². The van der Waals surface area contributed by atoms with Crippen LogP contribution in [0.3, 0.4) is 0 Å². The number of aryl methyl sites for hydroxylation is 3. The van der Waals surface area contributed by atoms with E-state index in [1.807, 2.05) is 56.3 Å². The number of likely N-dealkylation sites (N-methyl/N-ethyl adjacent to an activating group) is 1. The number of likely N-dealkylation sites (tertiary alicyclic amines) is 1. The number of β-amino-alcohol motifs (C(OH)–C–C–N with tert-alkyl or cyclic N) is 1. The lowest BCUT2D eigenvalue weighted by atomic mass is 9.85. The zero-order chi connectivity index (χ0) is 57.5. The minimum absolute atomic E-state index is 0.0330. The molecule has 3 aromatic carbocycles. The zero-order valence-corrected chi connectivity index (χ0v) is 47.5. The summed E-state index contributed by atoms with van der Waals surface area (Å²) in [6.45, 7) is 14.3. The van der Waals surface area contributed by atoms with Crippen LogP contribution in [-0.2, 0) is 52.7 Å². The molecule has 0 radical (unpaired) electrons. The lowest BCUT2D eigenvalue weighted by molar-refractivity contribution is -0.142. The summed E-state index contributed by atoms with van der Waals surface area (Å²) in [7, 11) is 1.67. The van der Waals surface area contributed by atoms with Gasteiger partial charge < -0.3 is 51.4 Å². The van der Waals surface area contributed by atoms with Gasteiger partial charge in [-0.05, 0) is 112 Å². The fourth-order valence-electron chi connectivity index (χ4n) is 10.5. The van der Waals surface area contributed by atoms with Crippen LogP contribution in [0.15, 0.2) is 66.2 Å². The summed E-state index contributed by atoms with van der Waals surface area (Å²) in [6, 6.07) is 13.4. The Morgan fingerprint density at radius 1 is 0.924 bits per heavy atom. The van der Waals surface area contributed by atoms with E-state index in [1.54, 1.807) is 88.5 Å². The molecular weight excluding hydrogens is 1030 g/mol. The fraction of sp³-hybridized carbons (Fsp3) is 0.517. The van der Waals surface area contributed by atoms with E-state index in [-0.39, 0.29) is 51.1 Å². The van der Waals surface area contributed by atoms with Crippen LogP contribution in [0.4, 0.5) is 25.4 Å². The molecule has 426 valence electrons. The van der Waals surface area contributed by atoms with E-state index in [9.17, 15) is 38.7 Å². The number of aromatic nitrogens is 1. The molecule has 4 heterocycles. The quantitative estimate of drug-likeness (QED) is 0.0516. The third kappa shape index (κ3) is 15.0. The predicted octanol–water partition coefficient (Wildman–Crippen LogP) is 6.54. The number of alkyl carbamates (subject to hydrolysis) is 2. The van der Waals surface area contributed by atoms with Crippen molar-refractivity contribution < 1.29 is 52.5 Å². The van der Waals surface area contributed by atoms with Crippen molar-refractivity contribution in [3.63, 3.8) is 0 Å². The average molecular weight is 1110 g/mol. The molecule has 4 aromatic rings. The normalized spacial score (nSPS) is 19.1. The first-order chi connectivity index (χ1) is 37.3. The van der Waals surface area contributed by atoms with Crippen LogP contribution in [0.25, 0.3) is 10.4 Å². The third-order valence-electron chi connectivity index (χ3n) is 14.5. The third-order valence-corrected chi connectivity index (χ3v) is 15.5. The highest BCUT2D eigenvalue weighted by Gasteiger charge is 2.46. The van der Waals surface area contributed by atoms with Crippen molar-refractivity contribution in [2.75, 3.05) is 36.5 Å². The second kappa shape index (κ2) is 25.3. The first kappa shape index (κ1) is 59.5. The standard InChI is InChI=1S/C58H76FN9O10S/c1-33(35-19-21-38(22-20-35)49-34(2)61-32-79-49)62-51(71)44-29-41(69)31-67(44)54(74)50(57(3,4)5)65-55(75)77-27-11-10-14-36-15-13-18-43(47(36)59)66(9)30-40(24-26-46(60)70)63-52(72)45-28-39-17-12-16-37-23-25-42(53(73)68(45)48(37)39)64-56(76)78-58(6,7)8/h12-13,15-22,32-33,40-42,44-45,50,69H,10-11,14,23-31H2,1-9H3,(H2,60,70)(H,62,71)(H,63,72)(H,64,76)(H,65,75)/t33-,40?,41+,42-,44-,45-,50+/m0/s1. The number of rotatable bonds is 20. The Balaban J connectivity index is 0.916. The number of carbonyl (C=O) groups is 7. The lowest BCUT2D eigenvalue weighted by Crippen LogP contribution is -2.58. The van der Waals surface area contributed by atoms with E-state index in [0.29, 0.717) is 43.4 Å².